The molecule has 9 heavy (non-hydrogen) atoms. The van der Waals surface area contributed by atoms with Crippen LogP contribution in [0.3, 0.4) is 0 Å². The molecule has 0 aromatic heterocycles. The molecule has 0 aromatic rings. The summed E-state index contributed by atoms with van der Waals surface area (Å²) in [5.41, 5.74) is 0. The molecule has 0 fully saturated rings. The molecule has 0 bridgehead atoms. The Morgan fingerprint density at radius 3 is 2.67 bits per heavy atom. The molecule has 52 valence electrons. The minimum absolute atomic E-state index is 0.0940. The monoisotopic (exact) mass is 148 g/mol. The van der Waals surface area contributed by atoms with Gasteiger partial charge in [-0.25, -0.2) is 4.39 Å². The summed E-state index contributed by atoms with van der Waals surface area (Å²) in [5, 5.41) is 0.470. The Labute approximate surface area is 59.7 Å². The second-order valence-electron chi connectivity index (χ2n) is 2.40. The van der Waals surface area contributed by atoms with Gasteiger partial charge in [-0.15, -0.1) is 0 Å². The van der Waals surface area contributed by atoms with Crippen molar-refractivity contribution >= 4 is 11.6 Å². The van der Waals surface area contributed by atoms with Gasteiger partial charge >= 0.3 is 0 Å². The summed E-state index contributed by atoms with van der Waals surface area (Å²) in [7, 11) is 0. The normalized spacial score (nSPS) is 27.7. The molecular formula is C7H10ClF. The van der Waals surface area contributed by atoms with Crippen molar-refractivity contribution in [3.8, 4) is 0 Å². The SMILES string of the molecule is CCC1CCC(F)=C1Cl. The Balaban J connectivity index is 2.63. The zero-order valence-corrected chi connectivity index (χ0v) is 6.21. The van der Waals surface area contributed by atoms with E-state index >= 15 is 0 Å². The van der Waals surface area contributed by atoms with E-state index in [2.05, 4.69) is 0 Å². The van der Waals surface area contributed by atoms with Gasteiger partial charge < -0.3 is 0 Å². The van der Waals surface area contributed by atoms with Crippen LogP contribution in [0.2, 0.25) is 0 Å². The third-order valence-electron chi connectivity index (χ3n) is 1.82. The molecule has 1 atom stereocenters. The predicted molar refractivity (Wildman–Crippen MR) is 37.0 cm³/mol. The minimum Gasteiger partial charge on any atom is -0.211 e. The average Bonchev–Trinajstić information content (AvgIpc) is 2.15. The van der Waals surface area contributed by atoms with Crippen molar-refractivity contribution < 1.29 is 4.39 Å². The first-order valence-corrected chi connectivity index (χ1v) is 3.67. The van der Waals surface area contributed by atoms with Crippen LogP contribution < -0.4 is 0 Å². The first-order chi connectivity index (χ1) is 4.25. The van der Waals surface area contributed by atoms with E-state index in [4.69, 9.17) is 11.6 Å². The maximum Gasteiger partial charge on any atom is 0.115 e. The lowest BCUT2D eigenvalue weighted by molar-refractivity contribution is 0.576. The summed E-state index contributed by atoms with van der Waals surface area (Å²) >= 11 is 5.63. The molecule has 0 heterocycles. The van der Waals surface area contributed by atoms with E-state index in [0.29, 0.717) is 17.4 Å². The lowest BCUT2D eigenvalue weighted by Crippen LogP contribution is -1.90. The van der Waals surface area contributed by atoms with E-state index in [9.17, 15) is 4.39 Å². The van der Waals surface area contributed by atoms with Crippen LogP contribution in [-0.4, -0.2) is 0 Å². The number of rotatable bonds is 1. The molecule has 1 aliphatic carbocycles. The van der Waals surface area contributed by atoms with Crippen molar-refractivity contribution in [3.05, 3.63) is 10.9 Å². The fourth-order valence-corrected chi connectivity index (χ4v) is 1.51. The summed E-state index contributed by atoms with van der Waals surface area (Å²) in [6.45, 7) is 2.03. The van der Waals surface area contributed by atoms with Crippen LogP contribution >= 0.6 is 11.6 Å². The summed E-state index contributed by atoms with van der Waals surface area (Å²) in [6.07, 6.45) is 2.42. The topological polar surface area (TPSA) is 0 Å². The highest BCUT2D eigenvalue weighted by Gasteiger charge is 2.22. The fraction of sp³-hybridized carbons (Fsp3) is 0.714. The van der Waals surface area contributed by atoms with Gasteiger partial charge in [0.1, 0.15) is 5.83 Å². The molecule has 0 aromatic carbocycles. The number of allylic oxidation sites excluding steroid dienone is 2. The van der Waals surface area contributed by atoms with Gasteiger partial charge in [0.05, 0.1) is 5.03 Å². The van der Waals surface area contributed by atoms with Crippen LogP contribution in [0.4, 0.5) is 4.39 Å². The highest BCUT2D eigenvalue weighted by Crippen LogP contribution is 2.36. The van der Waals surface area contributed by atoms with Crippen LogP contribution in [0.15, 0.2) is 10.9 Å². The van der Waals surface area contributed by atoms with Crippen molar-refractivity contribution in [2.45, 2.75) is 26.2 Å². The van der Waals surface area contributed by atoms with Crippen LogP contribution in [0.25, 0.3) is 0 Å². The zero-order chi connectivity index (χ0) is 6.85. The molecule has 1 rings (SSSR count). The van der Waals surface area contributed by atoms with Crippen LogP contribution in [-0.2, 0) is 0 Å². The summed E-state index contributed by atoms with van der Waals surface area (Å²) in [4.78, 5) is 0. The number of hydrogen-bond donors (Lipinski definition) is 0. The maximum absolute atomic E-state index is 12.5. The Hall–Kier alpha value is -0.0400. The molecule has 0 radical (unpaired) electrons. The summed E-state index contributed by atoms with van der Waals surface area (Å²) in [5.74, 6) is 0.218. The van der Waals surface area contributed by atoms with Crippen molar-refractivity contribution in [1.82, 2.24) is 0 Å². The van der Waals surface area contributed by atoms with Crippen molar-refractivity contribution in [2.24, 2.45) is 5.92 Å². The van der Waals surface area contributed by atoms with Gasteiger partial charge in [0, 0.05) is 6.42 Å². The third-order valence-corrected chi connectivity index (χ3v) is 2.34. The van der Waals surface area contributed by atoms with Gasteiger partial charge in [0.25, 0.3) is 0 Å². The second-order valence-corrected chi connectivity index (χ2v) is 2.80. The first-order valence-electron chi connectivity index (χ1n) is 3.29. The molecule has 0 nitrogen and oxygen atoms in total. The Kier molecular flexibility index (Phi) is 2.12. The van der Waals surface area contributed by atoms with Gasteiger partial charge in [-0.1, -0.05) is 18.5 Å². The number of hydrogen-bond acceptors (Lipinski definition) is 0. The van der Waals surface area contributed by atoms with E-state index in [-0.39, 0.29) is 5.83 Å². The summed E-state index contributed by atoms with van der Waals surface area (Å²) < 4.78 is 12.5. The van der Waals surface area contributed by atoms with Crippen molar-refractivity contribution in [2.75, 3.05) is 0 Å². The van der Waals surface area contributed by atoms with Crippen LogP contribution in [0.5, 0.6) is 0 Å². The van der Waals surface area contributed by atoms with Crippen LogP contribution in [0.1, 0.15) is 26.2 Å². The highest BCUT2D eigenvalue weighted by atomic mass is 35.5. The van der Waals surface area contributed by atoms with Gasteiger partial charge in [0.15, 0.2) is 0 Å². The first kappa shape index (κ1) is 7.07. The molecule has 0 spiro atoms. The molecule has 0 saturated heterocycles. The lowest BCUT2D eigenvalue weighted by atomic mass is 10.1. The number of halogens is 2. The largest absolute Gasteiger partial charge is 0.211 e. The van der Waals surface area contributed by atoms with E-state index < -0.39 is 0 Å². The molecular weight excluding hydrogens is 139 g/mol. The molecule has 2 heteroatoms. The van der Waals surface area contributed by atoms with E-state index in [1.807, 2.05) is 6.92 Å². The van der Waals surface area contributed by atoms with Crippen LogP contribution in [0, 0.1) is 5.92 Å². The van der Waals surface area contributed by atoms with Gasteiger partial charge in [-0.05, 0) is 18.8 Å². The Morgan fingerprint density at radius 1 is 1.78 bits per heavy atom. The predicted octanol–water partition coefficient (Wildman–Crippen LogP) is 3.23. The Morgan fingerprint density at radius 2 is 2.44 bits per heavy atom. The molecule has 0 saturated carbocycles. The quantitative estimate of drug-likeness (QED) is 0.536. The standard InChI is InChI=1S/C7H10ClF/c1-2-5-3-4-6(9)7(5)8/h5H,2-4H2,1H3. The van der Waals surface area contributed by atoms with E-state index in [0.717, 1.165) is 12.8 Å². The molecule has 0 amide bonds. The van der Waals surface area contributed by atoms with Crippen molar-refractivity contribution in [1.29, 1.82) is 0 Å². The smallest absolute Gasteiger partial charge is 0.115 e. The minimum atomic E-state index is -0.0940. The van der Waals surface area contributed by atoms with Gasteiger partial charge in [0.2, 0.25) is 0 Å². The second kappa shape index (κ2) is 2.70. The Bertz CT molecular complexity index is 140. The zero-order valence-electron chi connectivity index (χ0n) is 5.45. The highest BCUT2D eigenvalue weighted by molar-refractivity contribution is 6.30. The molecule has 0 N–H and O–H groups in total. The summed E-state index contributed by atoms with van der Waals surface area (Å²) in [6, 6.07) is 0. The third kappa shape index (κ3) is 1.26. The average molecular weight is 149 g/mol. The lowest BCUT2D eigenvalue weighted by Gasteiger charge is -2.02. The van der Waals surface area contributed by atoms with Gasteiger partial charge in [-0.2, -0.15) is 0 Å². The van der Waals surface area contributed by atoms with Gasteiger partial charge in [-0.3, -0.25) is 0 Å². The van der Waals surface area contributed by atoms with Crippen molar-refractivity contribution in [3.63, 3.8) is 0 Å². The molecule has 1 aliphatic rings. The fourth-order valence-electron chi connectivity index (χ4n) is 1.15. The molecule has 0 aliphatic heterocycles. The maximum atomic E-state index is 12.5. The van der Waals surface area contributed by atoms with E-state index in [1.165, 1.54) is 0 Å². The molecule has 1 unspecified atom stereocenters. The van der Waals surface area contributed by atoms with E-state index in [1.54, 1.807) is 0 Å².